The summed E-state index contributed by atoms with van der Waals surface area (Å²) >= 11 is 0. The Kier molecular flexibility index (Phi) is 6.35. The van der Waals surface area contributed by atoms with Crippen LogP contribution >= 0.6 is 0 Å². The van der Waals surface area contributed by atoms with E-state index in [2.05, 4.69) is 0 Å². The molecule has 8 heteroatoms. The third-order valence-corrected chi connectivity index (χ3v) is 4.33. The molecule has 1 atom stereocenters. The van der Waals surface area contributed by atoms with Crippen LogP contribution in [-0.2, 0) is 15.8 Å². The van der Waals surface area contributed by atoms with Crippen molar-refractivity contribution in [1.29, 1.82) is 0 Å². The first-order valence-electron chi connectivity index (χ1n) is 8.09. The largest absolute Gasteiger partial charge is 0.480 e. The Morgan fingerprint density at radius 2 is 1.83 bits per heavy atom. The van der Waals surface area contributed by atoms with Gasteiger partial charge < -0.3 is 9.53 Å². The molecule has 0 aliphatic carbocycles. The van der Waals surface area contributed by atoms with Crippen molar-refractivity contribution < 1.29 is 14.3 Å². The van der Waals surface area contributed by atoms with E-state index >= 15 is 0 Å². The third-order valence-electron chi connectivity index (χ3n) is 3.51. The SMILES string of the molecule is CC(C)n1c(=O)c(C(O[SiH](C)C)C(C)(C)C)cn(CC(=O)O)c1=O. The molecular formula is C16H28N2O5Si. The van der Waals surface area contributed by atoms with Gasteiger partial charge in [-0.15, -0.1) is 0 Å². The standard InChI is InChI=1S/C16H28N2O5Si/c1-10(2)18-14(21)11(8-17(15(18)22)9-12(19)20)13(16(3,4)5)23-24(6)7/h8,10,13,24H,9H2,1-7H3,(H,19,20). The molecule has 1 N–H and O–H groups in total. The Morgan fingerprint density at radius 1 is 1.29 bits per heavy atom. The molecule has 0 aromatic carbocycles. The van der Waals surface area contributed by atoms with Gasteiger partial charge in [0, 0.05) is 12.2 Å². The van der Waals surface area contributed by atoms with Gasteiger partial charge in [-0.2, -0.15) is 0 Å². The highest BCUT2D eigenvalue weighted by atomic mass is 28.3. The van der Waals surface area contributed by atoms with Gasteiger partial charge in [-0.05, 0) is 32.4 Å². The Morgan fingerprint density at radius 3 is 2.21 bits per heavy atom. The maximum absolute atomic E-state index is 12.9. The van der Waals surface area contributed by atoms with E-state index in [1.165, 1.54) is 6.20 Å². The highest BCUT2D eigenvalue weighted by Crippen LogP contribution is 2.34. The highest BCUT2D eigenvalue weighted by Gasteiger charge is 2.32. The first kappa shape index (κ1) is 20.4. The van der Waals surface area contributed by atoms with E-state index in [0.29, 0.717) is 5.56 Å². The van der Waals surface area contributed by atoms with E-state index in [4.69, 9.17) is 9.53 Å². The monoisotopic (exact) mass is 356 g/mol. The smallest absolute Gasteiger partial charge is 0.331 e. The van der Waals surface area contributed by atoms with E-state index < -0.39 is 38.9 Å². The molecule has 0 saturated heterocycles. The summed E-state index contributed by atoms with van der Waals surface area (Å²) in [4.78, 5) is 36.4. The Labute approximate surface area is 143 Å². The van der Waals surface area contributed by atoms with Gasteiger partial charge in [-0.3, -0.25) is 18.7 Å². The molecule has 1 rings (SSSR count). The molecule has 1 aromatic heterocycles. The van der Waals surface area contributed by atoms with Gasteiger partial charge in [0.2, 0.25) is 0 Å². The number of rotatable bonds is 6. The molecule has 24 heavy (non-hydrogen) atoms. The lowest BCUT2D eigenvalue weighted by molar-refractivity contribution is -0.137. The van der Waals surface area contributed by atoms with Crippen molar-refractivity contribution in [2.75, 3.05) is 0 Å². The van der Waals surface area contributed by atoms with Gasteiger partial charge in [0.15, 0.2) is 9.04 Å². The van der Waals surface area contributed by atoms with E-state index in [1.54, 1.807) is 13.8 Å². The highest BCUT2D eigenvalue weighted by molar-refractivity contribution is 6.48. The van der Waals surface area contributed by atoms with Crippen molar-refractivity contribution >= 4 is 15.0 Å². The molecule has 0 spiro atoms. The lowest BCUT2D eigenvalue weighted by atomic mass is 9.85. The fourth-order valence-electron chi connectivity index (χ4n) is 2.55. The molecule has 0 amide bonds. The fourth-order valence-corrected chi connectivity index (χ4v) is 3.65. The summed E-state index contributed by atoms with van der Waals surface area (Å²) in [6.07, 6.45) is 0.854. The number of carboxylic acid groups (broad SMARTS) is 1. The van der Waals surface area contributed by atoms with Gasteiger partial charge in [0.25, 0.3) is 5.56 Å². The predicted molar refractivity (Wildman–Crippen MR) is 95.1 cm³/mol. The van der Waals surface area contributed by atoms with Crippen molar-refractivity contribution in [3.63, 3.8) is 0 Å². The first-order valence-corrected chi connectivity index (χ1v) is 10.9. The zero-order valence-corrected chi connectivity index (χ0v) is 16.6. The van der Waals surface area contributed by atoms with Crippen LogP contribution in [0.1, 0.15) is 52.3 Å². The van der Waals surface area contributed by atoms with E-state index in [1.807, 2.05) is 33.9 Å². The van der Waals surface area contributed by atoms with Crippen LogP contribution in [0.5, 0.6) is 0 Å². The first-order chi connectivity index (χ1) is 10.9. The van der Waals surface area contributed by atoms with Crippen LogP contribution in [0.3, 0.4) is 0 Å². The molecule has 0 aliphatic rings. The molecule has 0 radical (unpaired) electrons. The van der Waals surface area contributed by atoms with E-state index in [-0.39, 0.29) is 11.5 Å². The molecular weight excluding hydrogens is 328 g/mol. The number of aromatic nitrogens is 2. The molecule has 0 saturated carbocycles. The lowest BCUT2D eigenvalue weighted by Crippen LogP contribution is -2.45. The molecule has 0 fully saturated rings. The summed E-state index contributed by atoms with van der Waals surface area (Å²) < 4.78 is 8.25. The van der Waals surface area contributed by atoms with Crippen LogP contribution in [0.25, 0.3) is 0 Å². The van der Waals surface area contributed by atoms with Crippen molar-refractivity contribution in [3.8, 4) is 0 Å². The summed E-state index contributed by atoms with van der Waals surface area (Å²) in [7, 11) is -1.47. The van der Waals surface area contributed by atoms with Crippen LogP contribution in [-0.4, -0.2) is 29.3 Å². The quantitative estimate of drug-likeness (QED) is 0.784. The molecule has 1 unspecified atom stereocenters. The van der Waals surface area contributed by atoms with E-state index in [9.17, 15) is 14.4 Å². The molecule has 1 heterocycles. The molecule has 7 nitrogen and oxygen atoms in total. The zero-order chi connectivity index (χ0) is 18.8. The van der Waals surface area contributed by atoms with Crippen molar-refractivity contribution in [2.45, 2.75) is 66.4 Å². The Bertz CT molecular complexity index is 713. The summed E-state index contributed by atoms with van der Waals surface area (Å²) in [5.74, 6) is -1.14. The predicted octanol–water partition coefficient (Wildman–Crippen LogP) is 1.76. The second-order valence-electron chi connectivity index (χ2n) is 7.59. The van der Waals surface area contributed by atoms with Crippen LogP contribution < -0.4 is 11.2 Å². The topological polar surface area (TPSA) is 90.5 Å². The minimum atomic E-state index is -1.47. The van der Waals surface area contributed by atoms with Gasteiger partial charge >= 0.3 is 11.7 Å². The number of hydrogen-bond donors (Lipinski definition) is 1. The van der Waals surface area contributed by atoms with E-state index in [0.717, 1.165) is 9.13 Å². The summed E-state index contributed by atoms with van der Waals surface area (Å²) in [5, 5.41) is 9.05. The third kappa shape index (κ3) is 4.67. The van der Waals surface area contributed by atoms with Gasteiger partial charge in [-0.25, -0.2) is 4.79 Å². The number of hydrogen-bond acceptors (Lipinski definition) is 4. The zero-order valence-electron chi connectivity index (χ0n) is 15.5. The van der Waals surface area contributed by atoms with Crippen LogP contribution in [0, 0.1) is 5.41 Å². The molecule has 136 valence electrons. The number of nitrogens with zero attached hydrogens (tertiary/aromatic N) is 2. The minimum absolute atomic E-state index is 0.332. The second-order valence-corrected chi connectivity index (χ2v) is 9.96. The number of carbonyl (C=O) groups is 1. The lowest BCUT2D eigenvalue weighted by Gasteiger charge is -2.33. The maximum atomic E-state index is 12.9. The Hall–Kier alpha value is -1.67. The average Bonchev–Trinajstić information content (AvgIpc) is 2.37. The van der Waals surface area contributed by atoms with Gasteiger partial charge in [0.05, 0.1) is 11.7 Å². The minimum Gasteiger partial charge on any atom is -0.480 e. The summed E-state index contributed by atoms with van der Waals surface area (Å²) in [5.41, 5.74) is -1.06. The van der Waals surface area contributed by atoms with Crippen molar-refractivity contribution in [2.24, 2.45) is 5.41 Å². The normalized spacial score (nSPS) is 13.5. The van der Waals surface area contributed by atoms with Gasteiger partial charge in [-0.1, -0.05) is 20.8 Å². The molecule has 0 bridgehead atoms. The Balaban J connectivity index is 3.72. The van der Waals surface area contributed by atoms with Crippen LogP contribution in [0.4, 0.5) is 0 Å². The average molecular weight is 356 g/mol. The molecule has 0 aliphatic heterocycles. The van der Waals surface area contributed by atoms with Crippen molar-refractivity contribution in [1.82, 2.24) is 9.13 Å². The van der Waals surface area contributed by atoms with Crippen LogP contribution in [0.15, 0.2) is 15.8 Å². The summed E-state index contributed by atoms with van der Waals surface area (Å²) in [6, 6.07) is -0.373. The second kappa shape index (κ2) is 7.48. The van der Waals surface area contributed by atoms with Gasteiger partial charge in [0.1, 0.15) is 6.54 Å². The summed E-state index contributed by atoms with van der Waals surface area (Å²) in [6.45, 7) is 12.8. The van der Waals surface area contributed by atoms with Crippen molar-refractivity contribution in [3.05, 3.63) is 32.6 Å². The number of aliphatic carboxylic acids is 1. The number of carboxylic acids is 1. The molecule has 1 aromatic rings. The maximum Gasteiger partial charge on any atom is 0.331 e. The van der Waals surface area contributed by atoms with Crippen LogP contribution in [0.2, 0.25) is 13.1 Å². The fraction of sp³-hybridized carbons (Fsp3) is 0.688.